The molecule has 0 aliphatic heterocycles. The molecule has 2 aromatic rings. The first kappa shape index (κ1) is 16.4. The molecule has 0 aromatic heterocycles. The number of hydrogen-bond donors (Lipinski definition) is 1. The van der Waals surface area contributed by atoms with Crippen molar-refractivity contribution in [1.29, 1.82) is 0 Å². The molecule has 0 aliphatic carbocycles. The van der Waals surface area contributed by atoms with Crippen LogP contribution < -0.4 is 5.32 Å². The summed E-state index contributed by atoms with van der Waals surface area (Å²) in [6, 6.07) is 14.7. The molecule has 0 spiro atoms. The van der Waals surface area contributed by atoms with Gasteiger partial charge in [0.25, 0.3) is 0 Å². The maximum atomic E-state index is 5.95. The lowest BCUT2D eigenvalue weighted by Gasteiger charge is -2.13. The highest BCUT2D eigenvalue weighted by Crippen LogP contribution is 2.31. The molecular formula is C18H22ClNS. The standard InChI is InChI=1S/C18H22ClNS/c1-13(2)11-20-12-15-10-14(3)4-9-18(15)21-17-7-5-16(19)6-8-17/h4-10,13,20H,11-12H2,1-3H3. The Morgan fingerprint density at radius 1 is 1.10 bits per heavy atom. The van der Waals surface area contributed by atoms with Crippen molar-refractivity contribution < 1.29 is 0 Å². The molecule has 0 saturated heterocycles. The molecule has 112 valence electrons. The van der Waals surface area contributed by atoms with E-state index in [1.165, 1.54) is 20.9 Å². The molecule has 1 N–H and O–H groups in total. The maximum Gasteiger partial charge on any atom is 0.0406 e. The maximum absolute atomic E-state index is 5.95. The lowest BCUT2D eigenvalue weighted by molar-refractivity contribution is 0.550. The largest absolute Gasteiger partial charge is 0.312 e. The van der Waals surface area contributed by atoms with Crippen molar-refractivity contribution >= 4 is 23.4 Å². The van der Waals surface area contributed by atoms with Gasteiger partial charge in [0.15, 0.2) is 0 Å². The van der Waals surface area contributed by atoms with Crippen LogP contribution in [0.3, 0.4) is 0 Å². The normalized spacial score (nSPS) is 11.1. The summed E-state index contributed by atoms with van der Waals surface area (Å²) in [7, 11) is 0. The average Bonchev–Trinajstić information content (AvgIpc) is 2.43. The van der Waals surface area contributed by atoms with Gasteiger partial charge in [0.05, 0.1) is 0 Å². The van der Waals surface area contributed by atoms with E-state index < -0.39 is 0 Å². The van der Waals surface area contributed by atoms with Crippen LogP contribution in [0.25, 0.3) is 0 Å². The summed E-state index contributed by atoms with van der Waals surface area (Å²) in [5.74, 6) is 0.669. The minimum Gasteiger partial charge on any atom is -0.312 e. The Bertz CT molecular complexity index is 578. The second-order valence-electron chi connectivity index (χ2n) is 5.69. The summed E-state index contributed by atoms with van der Waals surface area (Å²) in [4.78, 5) is 2.52. The zero-order valence-corrected chi connectivity index (χ0v) is 14.4. The third-order valence-corrected chi connectivity index (χ3v) is 4.50. The van der Waals surface area contributed by atoms with E-state index in [2.05, 4.69) is 56.4 Å². The molecule has 1 nitrogen and oxygen atoms in total. The first-order valence-electron chi connectivity index (χ1n) is 7.28. The van der Waals surface area contributed by atoms with Crippen LogP contribution in [0.5, 0.6) is 0 Å². The number of nitrogens with one attached hydrogen (secondary N) is 1. The summed E-state index contributed by atoms with van der Waals surface area (Å²) >= 11 is 7.74. The lowest BCUT2D eigenvalue weighted by atomic mass is 10.1. The number of hydrogen-bond acceptors (Lipinski definition) is 2. The van der Waals surface area contributed by atoms with Crippen molar-refractivity contribution in [1.82, 2.24) is 5.32 Å². The topological polar surface area (TPSA) is 12.0 Å². The Morgan fingerprint density at radius 2 is 1.81 bits per heavy atom. The van der Waals surface area contributed by atoms with E-state index in [-0.39, 0.29) is 0 Å². The highest BCUT2D eigenvalue weighted by molar-refractivity contribution is 7.99. The summed E-state index contributed by atoms with van der Waals surface area (Å²) in [5, 5.41) is 4.31. The Labute approximate surface area is 137 Å². The second-order valence-corrected chi connectivity index (χ2v) is 7.24. The molecular weight excluding hydrogens is 298 g/mol. The van der Waals surface area contributed by atoms with Gasteiger partial charge in [0.2, 0.25) is 0 Å². The SMILES string of the molecule is Cc1ccc(Sc2ccc(Cl)cc2)c(CNCC(C)C)c1. The van der Waals surface area contributed by atoms with Gasteiger partial charge in [-0.3, -0.25) is 0 Å². The van der Waals surface area contributed by atoms with E-state index in [1.807, 2.05) is 12.1 Å². The van der Waals surface area contributed by atoms with Gasteiger partial charge in [-0.2, -0.15) is 0 Å². The number of aryl methyl sites for hydroxylation is 1. The zero-order valence-electron chi connectivity index (χ0n) is 12.8. The molecule has 0 fully saturated rings. The minimum absolute atomic E-state index is 0.669. The van der Waals surface area contributed by atoms with Gasteiger partial charge in [-0.25, -0.2) is 0 Å². The predicted molar refractivity (Wildman–Crippen MR) is 93.3 cm³/mol. The molecule has 0 bridgehead atoms. The Kier molecular flexibility index (Phi) is 6.16. The smallest absolute Gasteiger partial charge is 0.0406 e. The third kappa shape index (κ3) is 5.39. The quantitative estimate of drug-likeness (QED) is 0.749. The van der Waals surface area contributed by atoms with E-state index in [0.29, 0.717) is 5.92 Å². The molecule has 3 heteroatoms. The van der Waals surface area contributed by atoms with Gasteiger partial charge in [-0.05, 0) is 55.3 Å². The molecule has 0 radical (unpaired) electrons. The van der Waals surface area contributed by atoms with E-state index in [4.69, 9.17) is 11.6 Å². The molecule has 0 unspecified atom stereocenters. The molecule has 0 amide bonds. The Morgan fingerprint density at radius 3 is 2.48 bits per heavy atom. The minimum atomic E-state index is 0.669. The van der Waals surface area contributed by atoms with Gasteiger partial charge in [0.1, 0.15) is 0 Å². The van der Waals surface area contributed by atoms with E-state index in [9.17, 15) is 0 Å². The molecule has 0 heterocycles. The zero-order chi connectivity index (χ0) is 15.2. The Hall–Kier alpha value is -0.960. The van der Waals surface area contributed by atoms with Crippen LogP contribution in [-0.4, -0.2) is 6.54 Å². The van der Waals surface area contributed by atoms with Gasteiger partial charge in [0, 0.05) is 21.4 Å². The van der Waals surface area contributed by atoms with E-state index >= 15 is 0 Å². The van der Waals surface area contributed by atoms with Crippen molar-refractivity contribution in [2.75, 3.05) is 6.54 Å². The lowest BCUT2D eigenvalue weighted by Crippen LogP contribution is -2.19. The molecule has 0 aliphatic rings. The van der Waals surface area contributed by atoms with Crippen LogP contribution >= 0.6 is 23.4 Å². The average molecular weight is 320 g/mol. The van der Waals surface area contributed by atoms with Gasteiger partial charge < -0.3 is 5.32 Å². The monoisotopic (exact) mass is 319 g/mol. The number of benzene rings is 2. The van der Waals surface area contributed by atoms with Crippen LogP contribution in [0.4, 0.5) is 0 Å². The fourth-order valence-electron chi connectivity index (χ4n) is 2.07. The van der Waals surface area contributed by atoms with Crippen molar-refractivity contribution in [3.63, 3.8) is 0 Å². The van der Waals surface area contributed by atoms with Crippen molar-refractivity contribution in [2.45, 2.75) is 37.1 Å². The highest BCUT2D eigenvalue weighted by atomic mass is 35.5. The molecule has 2 aromatic carbocycles. The molecule has 21 heavy (non-hydrogen) atoms. The fourth-order valence-corrected chi connectivity index (χ4v) is 3.12. The van der Waals surface area contributed by atoms with Gasteiger partial charge >= 0.3 is 0 Å². The fraction of sp³-hybridized carbons (Fsp3) is 0.333. The van der Waals surface area contributed by atoms with Crippen LogP contribution in [0.15, 0.2) is 52.3 Å². The molecule has 0 saturated carbocycles. The van der Waals surface area contributed by atoms with Gasteiger partial charge in [-0.1, -0.05) is 54.9 Å². The van der Waals surface area contributed by atoms with E-state index in [1.54, 1.807) is 11.8 Å². The first-order valence-corrected chi connectivity index (χ1v) is 8.47. The summed E-state index contributed by atoms with van der Waals surface area (Å²) in [6.45, 7) is 8.55. The predicted octanol–water partition coefficient (Wildman–Crippen LogP) is 5.55. The van der Waals surface area contributed by atoms with Crippen molar-refractivity contribution in [2.24, 2.45) is 5.92 Å². The van der Waals surface area contributed by atoms with Crippen LogP contribution in [0.2, 0.25) is 5.02 Å². The van der Waals surface area contributed by atoms with Crippen molar-refractivity contribution in [3.8, 4) is 0 Å². The number of halogens is 1. The first-order chi connectivity index (χ1) is 10.0. The van der Waals surface area contributed by atoms with Crippen LogP contribution in [-0.2, 0) is 6.54 Å². The Balaban J connectivity index is 2.12. The summed E-state index contributed by atoms with van der Waals surface area (Å²) in [5.41, 5.74) is 2.66. The number of rotatable bonds is 6. The van der Waals surface area contributed by atoms with Crippen LogP contribution in [0.1, 0.15) is 25.0 Å². The van der Waals surface area contributed by atoms with E-state index in [0.717, 1.165) is 18.1 Å². The van der Waals surface area contributed by atoms with Crippen molar-refractivity contribution in [3.05, 3.63) is 58.6 Å². The summed E-state index contributed by atoms with van der Waals surface area (Å²) in [6.07, 6.45) is 0. The molecule has 2 rings (SSSR count). The van der Waals surface area contributed by atoms with Crippen LogP contribution in [0, 0.1) is 12.8 Å². The summed E-state index contributed by atoms with van der Waals surface area (Å²) < 4.78 is 0. The highest BCUT2D eigenvalue weighted by Gasteiger charge is 2.06. The second kappa shape index (κ2) is 7.88. The third-order valence-electron chi connectivity index (χ3n) is 3.13. The van der Waals surface area contributed by atoms with Gasteiger partial charge in [-0.15, -0.1) is 0 Å². The molecule has 0 atom stereocenters.